The van der Waals surface area contributed by atoms with Crippen molar-refractivity contribution < 1.29 is 17.9 Å². The normalized spacial score (nSPS) is 27.5. The molecule has 1 aromatic rings. The fraction of sp³-hybridized carbons (Fsp3) is 0.600. The first kappa shape index (κ1) is 21.0. The molecule has 2 heterocycles. The summed E-state index contributed by atoms with van der Waals surface area (Å²) >= 11 is 7.59. The minimum atomic E-state index is -3.13. The smallest absolute Gasteiger partial charge is 0.248 e. The molecule has 1 aliphatic carbocycles. The molecule has 2 aliphatic heterocycles. The summed E-state index contributed by atoms with van der Waals surface area (Å²) in [6.45, 7) is 0. The Balaban J connectivity index is 1.62. The van der Waals surface area contributed by atoms with Gasteiger partial charge < -0.3 is 9.64 Å². The molecule has 29 heavy (non-hydrogen) atoms. The molecule has 6 nitrogen and oxygen atoms in total. The van der Waals surface area contributed by atoms with E-state index in [9.17, 15) is 13.2 Å². The van der Waals surface area contributed by atoms with Crippen molar-refractivity contribution >= 4 is 50.0 Å². The predicted molar refractivity (Wildman–Crippen MR) is 118 cm³/mol. The number of nitrogens with zero attached hydrogens (tertiary/aromatic N) is 2. The van der Waals surface area contributed by atoms with E-state index in [0.717, 1.165) is 6.42 Å². The summed E-state index contributed by atoms with van der Waals surface area (Å²) in [4.78, 5) is 18.8. The lowest BCUT2D eigenvalue weighted by Gasteiger charge is -2.26. The molecule has 0 radical (unpaired) electrons. The van der Waals surface area contributed by atoms with Crippen molar-refractivity contribution in [2.75, 3.05) is 23.5 Å². The molecule has 0 spiro atoms. The molecule has 0 aromatic heterocycles. The van der Waals surface area contributed by atoms with E-state index in [1.54, 1.807) is 25.3 Å². The molecule has 4 rings (SSSR count). The zero-order chi connectivity index (χ0) is 20.6. The van der Waals surface area contributed by atoms with Crippen molar-refractivity contribution in [1.29, 1.82) is 0 Å². The van der Waals surface area contributed by atoms with Crippen LogP contribution in [-0.2, 0) is 14.6 Å². The molecule has 1 aromatic carbocycles. The van der Waals surface area contributed by atoms with Crippen LogP contribution in [-0.4, -0.2) is 49.4 Å². The van der Waals surface area contributed by atoms with Gasteiger partial charge in [-0.1, -0.05) is 49.0 Å². The largest absolute Gasteiger partial charge is 0.495 e. The number of sulfone groups is 1. The van der Waals surface area contributed by atoms with E-state index >= 15 is 0 Å². The molecule has 0 N–H and O–H groups in total. The number of benzene rings is 1. The second-order valence-electron chi connectivity index (χ2n) is 7.96. The standard InChI is InChI=1S/C20H25ClN2O4S2/c1-27-17-8-7-14(21)10-15(17)23-16-11-29(25,26)12-18(16)28-20(23)22-19(24)9-6-13-4-2-3-5-13/h7-8,10,13,16,18H,2-6,9,11-12H2,1H3/t16-,18-/m1/s1. The Morgan fingerprint density at radius 2 is 2.07 bits per heavy atom. The highest BCUT2D eigenvalue weighted by Crippen LogP contribution is 2.44. The van der Waals surface area contributed by atoms with Crippen molar-refractivity contribution in [3.63, 3.8) is 0 Å². The lowest BCUT2D eigenvalue weighted by Crippen LogP contribution is -2.38. The molecular formula is C20H25ClN2O4S2. The number of aliphatic imine (C=N–C) groups is 1. The second-order valence-corrected chi connectivity index (χ2v) is 11.8. The fourth-order valence-corrected chi connectivity index (χ4v) is 8.58. The Morgan fingerprint density at radius 1 is 1.31 bits per heavy atom. The van der Waals surface area contributed by atoms with Crippen LogP contribution in [0.5, 0.6) is 5.75 Å². The summed E-state index contributed by atoms with van der Waals surface area (Å²) in [5, 5.41) is 0.916. The van der Waals surface area contributed by atoms with Gasteiger partial charge in [0.2, 0.25) is 5.91 Å². The third-order valence-electron chi connectivity index (χ3n) is 5.93. The van der Waals surface area contributed by atoms with Crippen molar-refractivity contribution in [2.24, 2.45) is 10.9 Å². The zero-order valence-electron chi connectivity index (χ0n) is 16.3. The Morgan fingerprint density at radius 3 is 2.79 bits per heavy atom. The van der Waals surface area contributed by atoms with E-state index in [1.165, 1.54) is 37.4 Å². The highest BCUT2D eigenvalue weighted by Gasteiger charge is 2.50. The van der Waals surface area contributed by atoms with Gasteiger partial charge >= 0.3 is 0 Å². The maximum Gasteiger partial charge on any atom is 0.248 e. The first-order valence-corrected chi connectivity index (χ1v) is 13.1. The molecule has 2 atom stereocenters. The number of carbonyl (C=O) groups excluding carboxylic acids is 1. The van der Waals surface area contributed by atoms with Crippen LogP contribution in [0.25, 0.3) is 0 Å². The predicted octanol–water partition coefficient (Wildman–Crippen LogP) is 3.92. The average molecular weight is 457 g/mol. The van der Waals surface area contributed by atoms with Crippen LogP contribution in [0.2, 0.25) is 5.02 Å². The Kier molecular flexibility index (Phi) is 6.14. The van der Waals surface area contributed by atoms with Gasteiger partial charge in [0.15, 0.2) is 15.0 Å². The van der Waals surface area contributed by atoms with E-state index < -0.39 is 9.84 Å². The summed E-state index contributed by atoms with van der Waals surface area (Å²) < 4.78 is 29.9. The minimum Gasteiger partial charge on any atom is -0.495 e. The van der Waals surface area contributed by atoms with Crippen molar-refractivity contribution in [3.05, 3.63) is 23.2 Å². The average Bonchev–Trinajstić information content (AvgIpc) is 3.34. The van der Waals surface area contributed by atoms with Gasteiger partial charge in [0.05, 0.1) is 30.3 Å². The van der Waals surface area contributed by atoms with E-state index in [4.69, 9.17) is 16.3 Å². The van der Waals surface area contributed by atoms with Gasteiger partial charge in [-0.2, -0.15) is 4.99 Å². The quantitative estimate of drug-likeness (QED) is 0.668. The zero-order valence-corrected chi connectivity index (χ0v) is 18.7. The summed E-state index contributed by atoms with van der Waals surface area (Å²) in [6, 6.07) is 4.93. The van der Waals surface area contributed by atoms with E-state index in [-0.39, 0.29) is 28.7 Å². The van der Waals surface area contributed by atoms with Crippen LogP contribution >= 0.6 is 23.4 Å². The topological polar surface area (TPSA) is 76.0 Å². The molecule has 1 amide bonds. The highest BCUT2D eigenvalue weighted by atomic mass is 35.5. The van der Waals surface area contributed by atoms with Gasteiger partial charge in [-0.25, -0.2) is 8.42 Å². The number of fused-ring (bicyclic) bond motifs is 1. The molecule has 2 saturated heterocycles. The lowest BCUT2D eigenvalue weighted by molar-refractivity contribution is -0.118. The minimum absolute atomic E-state index is 0.0373. The number of rotatable bonds is 5. The first-order chi connectivity index (χ1) is 13.9. The summed E-state index contributed by atoms with van der Waals surface area (Å²) in [6.07, 6.45) is 6.22. The monoisotopic (exact) mass is 456 g/mol. The third kappa shape index (κ3) is 4.59. The van der Waals surface area contributed by atoms with Gasteiger partial charge in [0.1, 0.15) is 5.75 Å². The second kappa shape index (κ2) is 8.47. The van der Waals surface area contributed by atoms with E-state index in [2.05, 4.69) is 4.99 Å². The number of thioether (sulfide) groups is 1. The van der Waals surface area contributed by atoms with Crippen molar-refractivity contribution in [2.45, 2.75) is 49.8 Å². The summed E-state index contributed by atoms with van der Waals surface area (Å²) in [5.74, 6) is 1.19. The molecule has 1 saturated carbocycles. The van der Waals surface area contributed by atoms with Gasteiger partial charge in [0.25, 0.3) is 0 Å². The number of methoxy groups -OCH3 is 1. The molecule has 3 aliphatic rings. The van der Waals surface area contributed by atoms with E-state index in [1.807, 2.05) is 4.90 Å². The van der Waals surface area contributed by atoms with Gasteiger partial charge in [-0.05, 0) is 30.5 Å². The van der Waals surface area contributed by atoms with Crippen LogP contribution in [0.4, 0.5) is 5.69 Å². The number of amides is 1. The maximum atomic E-state index is 12.6. The molecule has 3 fully saturated rings. The molecule has 158 valence electrons. The number of hydrogen-bond acceptors (Lipinski definition) is 5. The van der Waals surface area contributed by atoms with Crippen LogP contribution in [0.1, 0.15) is 38.5 Å². The molecular weight excluding hydrogens is 432 g/mol. The number of halogens is 1. The van der Waals surface area contributed by atoms with Gasteiger partial charge in [0, 0.05) is 16.7 Å². The number of anilines is 1. The van der Waals surface area contributed by atoms with Crippen LogP contribution < -0.4 is 9.64 Å². The van der Waals surface area contributed by atoms with Gasteiger partial charge in [-0.3, -0.25) is 4.79 Å². The van der Waals surface area contributed by atoms with Crippen LogP contribution in [0.3, 0.4) is 0 Å². The Hall–Kier alpha value is -1.25. The van der Waals surface area contributed by atoms with Gasteiger partial charge in [-0.15, -0.1) is 0 Å². The van der Waals surface area contributed by atoms with Crippen molar-refractivity contribution in [3.8, 4) is 5.75 Å². The SMILES string of the molecule is COc1ccc(Cl)cc1N1C(=NC(=O)CCC2CCCC2)S[C@@H]2CS(=O)(=O)C[C@H]21. The lowest BCUT2D eigenvalue weighted by atomic mass is 10.0. The Labute approximate surface area is 181 Å². The number of carbonyl (C=O) groups is 1. The summed E-state index contributed by atoms with van der Waals surface area (Å²) in [7, 11) is -1.57. The number of hydrogen-bond donors (Lipinski definition) is 0. The molecule has 0 bridgehead atoms. The maximum absolute atomic E-state index is 12.6. The third-order valence-corrected chi connectivity index (χ3v) is 9.37. The molecule has 0 unspecified atom stereocenters. The van der Waals surface area contributed by atoms with Crippen LogP contribution in [0, 0.1) is 5.92 Å². The summed E-state index contributed by atoms with van der Waals surface area (Å²) in [5.41, 5.74) is 0.652. The van der Waals surface area contributed by atoms with E-state index in [0.29, 0.717) is 34.0 Å². The number of ether oxygens (including phenoxy) is 1. The molecule has 9 heteroatoms. The number of amidine groups is 1. The van der Waals surface area contributed by atoms with Crippen molar-refractivity contribution in [1.82, 2.24) is 0 Å². The fourth-order valence-electron chi connectivity index (χ4n) is 4.49. The highest BCUT2D eigenvalue weighted by molar-refractivity contribution is 8.16. The first-order valence-electron chi connectivity index (χ1n) is 9.97. The van der Waals surface area contributed by atoms with Crippen LogP contribution in [0.15, 0.2) is 23.2 Å². The Bertz CT molecular complexity index is 928.